The summed E-state index contributed by atoms with van der Waals surface area (Å²) in [6.07, 6.45) is 1.47. The highest BCUT2D eigenvalue weighted by molar-refractivity contribution is 7.89. The first-order valence-corrected chi connectivity index (χ1v) is 11.8. The number of hydrogen-bond acceptors (Lipinski definition) is 8. The van der Waals surface area contributed by atoms with E-state index in [1.54, 1.807) is 25.2 Å². The summed E-state index contributed by atoms with van der Waals surface area (Å²) in [7, 11) is -0.971. The van der Waals surface area contributed by atoms with Crippen LogP contribution in [0.1, 0.15) is 0 Å². The maximum Gasteiger partial charge on any atom is 0.267 e. The number of fused-ring (bicyclic) bond motifs is 1. The van der Waals surface area contributed by atoms with E-state index >= 15 is 0 Å². The van der Waals surface area contributed by atoms with Crippen molar-refractivity contribution in [2.45, 2.75) is 4.90 Å². The molecule has 0 saturated carbocycles. The van der Waals surface area contributed by atoms with Crippen LogP contribution in [0.3, 0.4) is 0 Å². The van der Waals surface area contributed by atoms with Crippen molar-refractivity contribution >= 4 is 26.9 Å². The second kappa shape index (κ2) is 9.59. The molecule has 0 aliphatic carbocycles. The molecule has 11 heteroatoms. The van der Waals surface area contributed by atoms with Crippen molar-refractivity contribution < 1.29 is 18.3 Å². The molecule has 176 valence electrons. The molecule has 0 bridgehead atoms. The third-order valence-corrected chi connectivity index (χ3v) is 6.60. The Morgan fingerprint density at radius 1 is 1.09 bits per heavy atom. The number of benzene rings is 2. The van der Waals surface area contributed by atoms with Gasteiger partial charge in [0.05, 0.1) is 30.3 Å². The lowest BCUT2D eigenvalue weighted by molar-refractivity contribution is 0.300. The third kappa shape index (κ3) is 4.36. The Morgan fingerprint density at radius 3 is 2.53 bits per heavy atom. The van der Waals surface area contributed by atoms with Gasteiger partial charge in [-0.1, -0.05) is 24.3 Å². The molecule has 2 aromatic carbocycles. The molecule has 4 aromatic rings. The van der Waals surface area contributed by atoms with E-state index in [0.29, 0.717) is 33.7 Å². The molecule has 0 saturated heterocycles. The van der Waals surface area contributed by atoms with E-state index in [9.17, 15) is 13.2 Å². The second-order valence-corrected chi connectivity index (χ2v) is 8.98. The number of para-hydroxylation sites is 1. The highest BCUT2D eigenvalue weighted by atomic mass is 32.2. The number of sulfonamides is 1. The predicted molar refractivity (Wildman–Crippen MR) is 129 cm³/mol. The zero-order valence-electron chi connectivity index (χ0n) is 18.5. The highest BCUT2D eigenvalue weighted by Crippen LogP contribution is 2.29. The summed E-state index contributed by atoms with van der Waals surface area (Å²) in [5, 5.41) is 12.3. The lowest BCUT2D eigenvalue weighted by atomic mass is 10.1. The Balaban J connectivity index is 1.89. The zero-order valence-corrected chi connectivity index (χ0v) is 19.3. The number of methoxy groups -OCH3 is 1. The number of aromatic nitrogens is 3. The summed E-state index contributed by atoms with van der Waals surface area (Å²) < 4.78 is 34.2. The minimum Gasteiger partial charge on any atom is -0.480 e. The quantitative estimate of drug-likeness (QED) is 0.347. The Hall–Kier alpha value is -3.80. The van der Waals surface area contributed by atoms with Gasteiger partial charge in [-0.05, 0) is 35.9 Å². The average molecular weight is 482 g/mol. The summed E-state index contributed by atoms with van der Waals surface area (Å²) in [5.74, 6) is 0.313. The predicted octanol–water partition coefficient (Wildman–Crippen LogP) is 1.77. The minimum absolute atomic E-state index is 0.0817. The van der Waals surface area contributed by atoms with Crippen molar-refractivity contribution in [1.29, 1.82) is 0 Å². The van der Waals surface area contributed by atoms with E-state index in [2.05, 4.69) is 20.0 Å². The number of nitrogens with one attached hydrogen (secondary N) is 2. The van der Waals surface area contributed by atoms with E-state index in [-0.39, 0.29) is 29.5 Å². The SMILES string of the molecule is CNc1nc2ccc(-c3cnc(OC)c(S(=O)(=O)NCCO)c3)cc2c(=O)n1-c1ccccc1. The van der Waals surface area contributed by atoms with Crippen LogP contribution in [0.5, 0.6) is 5.88 Å². The van der Waals surface area contributed by atoms with Crippen molar-refractivity contribution in [2.24, 2.45) is 0 Å². The fourth-order valence-electron chi connectivity index (χ4n) is 3.54. The maximum absolute atomic E-state index is 13.5. The topological polar surface area (TPSA) is 135 Å². The molecule has 2 aromatic heterocycles. The fourth-order valence-corrected chi connectivity index (χ4v) is 4.71. The van der Waals surface area contributed by atoms with Crippen LogP contribution in [0, 0.1) is 0 Å². The largest absolute Gasteiger partial charge is 0.480 e. The van der Waals surface area contributed by atoms with Crippen molar-refractivity contribution in [3.8, 4) is 22.7 Å². The molecule has 10 nitrogen and oxygen atoms in total. The van der Waals surface area contributed by atoms with Crippen LogP contribution in [-0.2, 0) is 10.0 Å². The Bertz CT molecular complexity index is 1500. The Morgan fingerprint density at radius 2 is 1.85 bits per heavy atom. The molecule has 0 spiro atoms. The van der Waals surface area contributed by atoms with Crippen LogP contribution in [0.2, 0.25) is 0 Å². The van der Waals surface area contributed by atoms with Crippen LogP contribution >= 0.6 is 0 Å². The first kappa shape index (κ1) is 23.4. The number of aliphatic hydroxyl groups is 1. The summed E-state index contributed by atoms with van der Waals surface area (Å²) >= 11 is 0. The van der Waals surface area contributed by atoms with Crippen LogP contribution in [-0.4, -0.2) is 55.4 Å². The van der Waals surface area contributed by atoms with Crippen molar-refractivity contribution in [2.75, 3.05) is 32.6 Å². The van der Waals surface area contributed by atoms with Crippen LogP contribution < -0.4 is 20.3 Å². The Labute approximate surface area is 195 Å². The lowest BCUT2D eigenvalue weighted by Gasteiger charge is -2.14. The molecule has 4 rings (SSSR count). The van der Waals surface area contributed by atoms with Crippen LogP contribution in [0.15, 0.2) is 70.5 Å². The first-order chi connectivity index (χ1) is 16.4. The smallest absolute Gasteiger partial charge is 0.267 e. The molecule has 0 fully saturated rings. The van der Waals surface area contributed by atoms with Gasteiger partial charge in [-0.25, -0.2) is 27.7 Å². The molecule has 2 heterocycles. The molecule has 0 atom stereocenters. The van der Waals surface area contributed by atoms with Gasteiger partial charge in [-0.2, -0.15) is 0 Å². The highest BCUT2D eigenvalue weighted by Gasteiger charge is 2.22. The van der Waals surface area contributed by atoms with Gasteiger partial charge >= 0.3 is 0 Å². The monoisotopic (exact) mass is 481 g/mol. The number of nitrogens with zero attached hydrogens (tertiary/aromatic N) is 3. The van der Waals surface area contributed by atoms with E-state index in [1.165, 1.54) is 23.9 Å². The van der Waals surface area contributed by atoms with Gasteiger partial charge in [0.1, 0.15) is 4.90 Å². The number of rotatable bonds is 8. The molecular weight excluding hydrogens is 458 g/mol. The number of pyridine rings is 1. The lowest BCUT2D eigenvalue weighted by Crippen LogP contribution is -2.27. The van der Waals surface area contributed by atoms with Crippen LogP contribution in [0.4, 0.5) is 5.95 Å². The molecule has 0 radical (unpaired) electrons. The number of anilines is 1. The number of aliphatic hydroxyl groups excluding tert-OH is 1. The summed E-state index contributed by atoms with van der Waals surface area (Å²) in [4.78, 5) is 22.0. The molecule has 0 aliphatic rings. The summed E-state index contributed by atoms with van der Waals surface area (Å²) in [6, 6.07) is 15.6. The van der Waals surface area contributed by atoms with Gasteiger partial charge < -0.3 is 15.2 Å². The van der Waals surface area contributed by atoms with Gasteiger partial charge in [0, 0.05) is 25.4 Å². The third-order valence-electron chi connectivity index (χ3n) is 5.14. The van der Waals surface area contributed by atoms with Crippen LogP contribution in [0.25, 0.3) is 27.7 Å². The molecule has 0 unspecified atom stereocenters. The fraction of sp³-hybridized carbons (Fsp3) is 0.174. The minimum atomic E-state index is -3.98. The standard InChI is InChI=1S/C23H23N5O5S/c1-24-23-27-19-9-8-15(12-18(19)22(30)28(23)17-6-4-3-5-7-17)16-13-20(21(33-2)25-14-16)34(31,32)26-10-11-29/h3-9,12-14,26,29H,10-11H2,1-2H3,(H,24,27). The van der Waals surface area contributed by atoms with Gasteiger partial charge in [0.25, 0.3) is 5.56 Å². The first-order valence-electron chi connectivity index (χ1n) is 10.3. The normalized spacial score (nSPS) is 11.5. The molecule has 3 N–H and O–H groups in total. The zero-order chi connectivity index (χ0) is 24.3. The summed E-state index contributed by atoms with van der Waals surface area (Å²) in [6.45, 7) is -0.501. The van der Waals surface area contributed by atoms with E-state index in [4.69, 9.17) is 9.84 Å². The van der Waals surface area contributed by atoms with Crippen molar-refractivity contribution in [3.63, 3.8) is 0 Å². The molecule has 0 amide bonds. The summed E-state index contributed by atoms with van der Waals surface area (Å²) in [5.41, 5.74) is 1.92. The van der Waals surface area contributed by atoms with Crippen molar-refractivity contribution in [3.05, 3.63) is 71.1 Å². The van der Waals surface area contributed by atoms with Gasteiger partial charge in [-0.3, -0.25) is 4.79 Å². The van der Waals surface area contributed by atoms with Crippen molar-refractivity contribution in [1.82, 2.24) is 19.3 Å². The van der Waals surface area contributed by atoms with Gasteiger partial charge in [0.2, 0.25) is 21.9 Å². The average Bonchev–Trinajstić information content (AvgIpc) is 2.87. The molecule has 0 aliphatic heterocycles. The molecule has 34 heavy (non-hydrogen) atoms. The number of hydrogen-bond donors (Lipinski definition) is 3. The van der Waals surface area contributed by atoms with E-state index < -0.39 is 10.0 Å². The Kier molecular flexibility index (Phi) is 6.59. The van der Waals surface area contributed by atoms with E-state index in [1.807, 2.05) is 30.3 Å². The van der Waals surface area contributed by atoms with E-state index in [0.717, 1.165) is 0 Å². The number of ether oxygens (including phenoxy) is 1. The van der Waals surface area contributed by atoms with Gasteiger partial charge in [-0.15, -0.1) is 0 Å². The second-order valence-electron chi connectivity index (χ2n) is 7.25. The van der Waals surface area contributed by atoms with Gasteiger partial charge in [0.15, 0.2) is 0 Å². The molecular formula is C23H23N5O5S. The maximum atomic E-state index is 13.5.